The fourth-order valence-corrected chi connectivity index (χ4v) is 3.02. The van der Waals surface area contributed by atoms with E-state index >= 15 is 0 Å². The summed E-state index contributed by atoms with van der Waals surface area (Å²) in [6, 6.07) is 22.7. The van der Waals surface area contributed by atoms with Gasteiger partial charge in [-0.15, -0.1) is 0 Å². The lowest BCUT2D eigenvalue weighted by Gasteiger charge is -2.11. The first kappa shape index (κ1) is 18.5. The van der Waals surface area contributed by atoms with E-state index < -0.39 is 0 Å². The fourth-order valence-electron chi connectivity index (χ4n) is 3.02. The first-order chi connectivity index (χ1) is 14.7. The van der Waals surface area contributed by atoms with Crippen LogP contribution in [0.5, 0.6) is 0 Å². The highest BCUT2D eigenvalue weighted by molar-refractivity contribution is 5.80. The van der Waals surface area contributed by atoms with E-state index in [4.69, 9.17) is 15.8 Å². The molecule has 3 aromatic heterocycles. The maximum atomic E-state index is 9.00. The molecule has 0 spiro atoms. The van der Waals surface area contributed by atoms with Crippen LogP contribution in [0.3, 0.4) is 0 Å². The van der Waals surface area contributed by atoms with Gasteiger partial charge in [0.2, 0.25) is 0 Å². The number of nitrogens with zero attached hydrogens (tertiary/aromatic N) is 6. The molecule has 0 unspecified atom stereocenters. The molecule has 6 nitrogen and oxygen atoms in total. The van der Waals surface area contributed by atoms with E-state index in [1.807, 2.05) is 54.6 Å². The molecule has 0 aliphatic heterocycles. The minimum Gasteiger partial charge on any atom is -0.245 e. The third-order valence-corrected chi connectivity index (χ3v) is 4.57. The maximum Gasteiger partial charge on any atom is 0.140 e. The zero-order chi connectivity index (χ0) is 20.9. The average molecular weight is 384 g/mol. The summed E-state index contributed by atoms with van der Waals surface area (Å²) in [4.78, 5) is 12.5. The van der Waals surface area contributed by atoms with Crippen LogP contribution in [0.1, 0.15) is 17.1 Å². The van der Waals surface area contributed by atoms with Crippen molar-refractivity contribution < 1.29 is 0 Å². The van der Waals surface area contributed by atoms with Gasteiger partial charge in [-0.2, -0.15) is 15.8 Å². The highest BCUT2D eigenvalue weighted by Crippen LogP contribution is 2.32. The van der Waals surface area contributed by atoms with Gasteiger partial charge in [0.05, 0.1) is 0 Å². The van der Waals surface area contributed by atoms with Crippen LogP contribution < -0.4 is 0 Å². The SMILES string of the molecule is N#Cc1ccc(-c2cc(-c3ccc(C#N)nc3)cc(-c3ccc(C#N)nc3)c2)cn1. The molecule has 4 aromatic rings. The summed E-state index contributed by atoms with van der Waals surface area (Å²) in [5, 5.41) is 27.0. The molecule has 0 bridgehead atoms. The summed E-state index contributed by atoms with van der Waals surface area (Å²) < 4.78 is 0. The van der Waals surface area contributed by atoms with Gasteiger partial charge < -0.3 is 0 Å². The van der Waals surface area contributed by atoms with E-state index in [0.717, 1.165) is 33.4 Å². The lowest BCUT2D eigenvalue weighted by Crippen LogP contribution is -1.90. The average Bonchev–Trinajstić information content (AvgIpc) is 2.84. The van der Waals surface area contributed by atoms with Crippen LogP contribution in [-0.4, -0.2) is 15.0 Å². The summed E-state index contributed by atoms with van der Waals surface area (Å²) in [6.07, 6.45) is 4.99. The number of rotatable bonds is 3. The molecule has 0 radical (unpaired) electrons. The van der Waals surface area contributed by atoms with E-state index in [1.54, 1.807) is 36.8 Å². The van der Waals surface area contributed by atoms with E-state index in [1.165, 1.54) is 0 Å². The number of pyridine rings is 3. The van der Waals surface area contributed by atoms with Gasteiger partial charge in [0.15, 0.2) is 0 Å². The zero-order valence-electron chi connectivity index (χ0n) is 15.6. The Bertz CT molecular complexity index is 1150. The monoisotopic (exact) mass is 384 g/mol. The Hall–Kier alpha value is -4.86. The number of benzene rings is 1. The number of hydrogen-bond acceptors (Lipinski definition) is 6. The van der Waals surface area contributed by atoms with Crippen LogP contribution in [0.15, 0.2) is 73.2 Å². The molecule has 0 amide bonds. The Labute approximate surface area is 173 Å². The van der Waals surface area contributed by atoms with Crippen molar-refractivity contribution in [1.82, 2.24) is 15.0 Å². The van der Waals surface area contributed by atoms with Gasteiger partial charge in [-0.1, -0.05) is 0 Å². The molecule has 0 aliphatic carbocycles. The normalized spacial score (nSPS) is 9.90. The van der Waals surface area contributed by atoms with Crippen molar-refractivity contribution in [3.05, 3.63) is 90.3 Å². The molecule has 0 fully saturated rings. The lowest BCUT2D eigenvalue weighted by atomic mass is 9.95. The van der Waals surface area contributed by atoms with Crippen LogP contribution >= 0.6 is 0 Å². The quantitative estimate of drug-likeness (QED) is 0.515. The van der Waals surface area contributed by atoms with E-state index in [9.17, 15) is 0 Å². The Morgan fingerprint density at radius 1 is 0.433 bits per heavy atom. The molecule has 6 heteroatoms. The van der Waals surface area contributed by atoms with E-state index in [-0.39, 0.29) is 0 Å². The number of aromatic nitrogens is 3. The van der Waals surface area contributed by atoms with Crippen LogP contribution in [0.25, 0.3) is 33.4 Å². The number of nitriles is 3. The van der Waals surface area contributed by atoms with Crippen molar-refractivity contribution in [3.8, 4) is 51.6 Å². The molecular formula is C24H12N6. The minimum absolute atomic E-state index is 0.350. The molecule has 1 aromatic carbocycles. The van der Waals surface area contributed by atoms with E-state index in [0.29, 0.717) is 17.1 Å². The summed E-state index contributed by atoms with van der Waals surface area (Å²) in [5.74, 6) is 0. The van der Waals surface area contributed by atoms with Gasteiger partial charge in [-0.05, 0) is 71.3 Å². The molecule has 0 atom stereocenters. The lowest BCUT2D eigenvalue weighted by molar-refractivity contribution is 1.26. The Kier molecular flexibility index (Phi) is 4.95. The second-order valence-electron chi connectivity index (χ2n) is 6.43. The van der Waals surface area contributed by atoms with Gasteiger partial charge in [0.25, 0.3) is 0 Å². The Balaban J connectivity index is 1.87. The largest absolute Gasteiger partial charge is 0.245 e. The third-order valence-electron chi connectivity index (χ3n) is 4.57. The van der Waals surface area contributed by atoms with Crippen molar-refractivity contribution in [2.75, 3.05) is 0 Å². The van der Waals surface area contributed by atoms with E-state index in [2.05, 4.69) is 15.0 Å². The van der Waals surface area contributed by atoms with Crippen molar-refractivity contribution in [1.29, 1.82) is 15.8 Å². The van der Waals surface area contributed by atoms with Crippen molar-refractivity contribution in [2.24, 2.45) is 0 Å². The second kappa shape index (κ2) is 8.02. The van der Waals surface area contributed by atoms with Crippen LogP contribution in [-0.2, 0) is 0 Å². The molecule has 0 saturated heterocycles. The second-order valence-corrected chi connectivity index (χ2v) is 6.43. The Morgan fingerprint density at radius 2 is 0.733 bits per heavy atom. The van der Waals surface area contributed by atoms with Crippen molar-refractivity contribution >= 4 is 0 Å². The van der Waals surface area contributed by atoms with Crippen molar-refractivity contribution in [3.63, 3.8) is 0 Å². The minimum atomic E-state index is 0.350. The molecule has 0 aliphatic rings. The molecule has 0 saturated carbocycles. The standard InChI is InChI=1S/C24H12N6/c25-10-22-4-1-16(13-28-22)19-7-20(17-2-5-23(11-26)29-14-17)9-21(8-19)18-3-6-24(12-27)30-15-18/h1-9,13-15H. The van der Waals surface area contributed by atoms with Gasteiger partial charge in [-0.25, -0.2) is 15.0 Å². The summed E-state index contributed by atoms with van der Waals surface area (Å²) in [7, 11) is 0. The van der Waals surface area contributed by atoms with Crippen LogP contribution in [0, 0.1) is 34.0 Å². The topological polar surface area (TPSA) is 110 Å². The predicted octanol–water partition coefficient (Wildman–Crippen LogP) is 4.49. The molecular weight excluding hydrogens is 372 g/mol. The summed E-state index contributed by atoms with van der Waals surface area (Å²) >= 11 is 0. The first-order valence-electron chi connectivity index (χ1n) is 8.95. The third kappa shape index (κ3) is 3.73. The molecule has 138 valence electrons. The Morgan fingerprint density at radius 3 is 0.933 bits per heavy atom. The van der Waals surface area contributed by atoms with Gasteiger partial charge in [0.1, 0.15) is 35.3 Å². The number of hydrogen-bond donors (Lipinski definition) is 0. The van der Waals surface area contributed by atoms with Crippen molar-refractivity contribution in [2.45, 2.75) is 0 Å². The molecule has 0 N–H and O–H groups in total. The summed E-state index contributed by atoms with van der Waals surface area (Å²) in [5.41, 5.74) is 6.36. The fraction of sp³-hybridized carbons (Fsp3) is 0. The van der Waals surface area contributed by atoms with Gasteiger partial charge in [-0.3, -0.25) is 0 Å². The highest BCUT2D eigenvalue weighted by atomic mass is 14.7. The molecule has 30 heavy (non-hydrogen) atoms. The van der Waals surface area contributed by atoms with Gasteiger partial charge in [0, 0.05) is 35.3 Å². The zero-order valence-corrected chi connectivity index (χ0v) is 15.6. The first-order valence-corrected chi connectivity index (χ1v) is 8.95. The van der Waals surface area contributed by atoms with Crippen LogP contribution in [0.2, 0.25) is 0 Å². The maximum absolute atomic E-state index is 9.00. The van der Waals surface area contributed by atoms with Crippen LogP contribution in [0.4, 0.5) is 0 Å². The molecule has 4 rings (SSSR count). The molecule has 3 heterocycles. The summed E-state index contributed by atoms with van der Waals surface area (Å²) in [6.45, 7) is 0. The highest BCUT2D eigenvalue weighted by Gasteiger charge is 2.09. The predicted molar refractivity (Wildman–Crippen MR) is 110 cm³/mol. The smallest absolute Gasteiger partial charge is 0.140 e. The van der Waals surface area contributed by atoms with Gasteiger partial charge >= 0.3 is 0 Å².